The maximum Gasteiger partial charge on any atom is 0.252 e. The van der Waals surface area contributed by atoms with Gasteiger partial charge >= 0.3 is 0 Å². The highest BCUT2D eigenvalue weighted by molar-refractivity contribution is 5.94. The zero-order chi connectivity index (χ0) is 18.8. The standard InChI is InChI=1S/C22H27N3O2/c1-2-15-11-17(14-23-13-15)21(26)24-9-8-18-5-3-4-10-25(18)22(27)20-12-19(20)16-6-7-16/h1,11,13-14,16,18-20H,3-10,12H2,(H,24,26)/t18-,19+,20-/m1/s1. The van der Waals surface area contributed by atoms with Crippen LogP contribution in [0.5, 0.6) is 0 Å². The number of likely N-dealkylation sites (tertiary alicyclic amines) is 1. The van der Waals surface area contributed by atoms with Crippen molar-refractivity contribution in [2.24, 2.45) is 17.8 Å². The normalized spacial score (nSPS) is 26.9. The Morgan fingerprint density at radius 3 is 2.89 bits per heavy atom. The van der Waals surface area contributed by atoms with E-state index in [4.69, 9.17) is 6.42 Å². The lowest BCUT2D eigenvalue weighted by molar-refractivity contribution is -0.136. The lowest BCUT2D eigenvalue weighted by atomic mass is 9.98. The minimum Gasteiger partial charge on any atom is -0.352 e. The average molecular weight is 365 g/mol. The molecule has 1 N–H and O–H groups in total. The van der Waals surface area contributed by atoms with E-state index in [0.717, 1.165) is 44.6 Å². The van der Waals surface area contributed by atoms with E-state index in [1.807, 2.05) is 0 Å². The molecule has 1 aromatic heterocycles. The highest BCUT2D eigenvalue weighted by Gasteiger charge is 2.52. The van der Waals surface area contributed by atoms with Crippen LogP contribution in [0, 0.1) is 30.1 Å². The highest BCUT2D eigenvalue weighted by Crippen LogP contribution is 2.55. The molecule has 0 bridgehead atoms. The van der Waals surface area contributed by atoms with Crippen molar-refractivity contribution in [3.63, 3.8) is 0 Å². The molecule has 0 radical (unpaired) electrons. The van der Waals surface area contributed by atoms with Gasteiger partial charge in [0.25, 0.3) is 5.91 Å². The molecule has 1 aromatic rings. The molecule has 0 unspecified atom stereocenters. The quantitative estimate of drug-likeness (QED) is 0.788. The SMILES string of the molecule is C#Cc1cncc(C(=O)NCC[C@H]2CCCCN2C(=O)[C@@H]2C[C@H]2C2CC2)c1. The molecule has 1 saturated heterocycles. The Hall–Kier alpha value is -2.35. The van der Waals surface area contributed by atoms with E-state index in [2.05, 4.69) is 21.1 Å². The Balaban J connectivity index is 1.29. The minimum absolute atomic E-state index is 0.163. The van der Waals surface area contributed by atoms with Crippen molar-refractivity contribution in [2.75, 3.05) is 13.1 Å². The molecule has 27 heavy (non-hydrogen) atoms. The molecule has 1 aliphatic heterocycles. The van der Waals surface area contributed by atoms with Crippen LogP contribution in [0.25, 0.3) is 0 Å². The van der Waals surface area contributed by atoms with Gasteiger partial charge in [-0.25, -0.2) is 0 Å². The van der Waals surface area contributed by atoms with Crippen molar-refractivity contribution in [3.8, 4) is 12.3 Å². The first-order valence-corrected chi connectivity index (χ1v) is 10.2. The van der Waals surface area contributed by atoms with Gasteiger partial charge in [-0.05, 0) is 62.8 Å². The van der Waals surface area contributed by atoms with Crippen LogP contribution in [0.3, 0.4) is 0 Å². The first-order chi connectivity index (χ1) is 13.2. The molecular weight excluding hydrogens is 338 g/mol. The molecule has 2 heterocycles. The number of carbonyl (C=O) groups excluding carboxylic acids is 2. The summed E-state index contributed by atoms with van der Waals surface area (Å²) in [4.78, 5) is 31.3. The van der Waals surface area contributed by atoms with Crippen molar-refractivity contribution >= 4 is 11.8 Å². The number of aromatic nitrogens is 1. The molecule has 4 rings (SSSR count). The molecule has 142 valence electrons. The number of carbonyl (C=O) groups is 2. The van der Waals surface area contributed by atoms with Crippen molar-refractivity contribution in [2.45, 2.75) is 51.0 Å². The van der Waals surface area contributed by atoms with E-state index in [1.165, 1.54) is 19.0 Å². The number of terminal acetylenes is 1. The summed E-state index contributed by atoms with van der Waals surface area (Å²) in [7, 11) is 0. The fourth-order valence-electron chi connectivity index (χ4n) is 4.45. The number of nitrogens with one attached hydrogen (secondary N) is 1. The van der Waals surface area contributed by atoms with Gasteiger partial charge < -0.3 is 10.2 Å². The maximum atomic E-state index is 12.9. The van der Waals surface area contributed by atoms with E-state index in [1.54, 1.807) is 12.3 Å². The fraction of sp³-hybridized carbons (Fsp3) is 0.591. The molecule has 3 fully saturated rings. The van der Waals surface area contributed by atoms with Gasteiger partial charge in [0.1, 0.15) is 0 Å². The zero-order valence-electron chi connectivity index (χ0n) is 15.7. The van der Waals surface area contributed by atoms with Crippen LogP contribution in [0.15, 0.2) is 18.5 Å². The first kappa shape index (κ1) is 18.0. The van der Waals surface area contributed by atoms with E-state index in [0.29, 0.717) is 29.5 Å². The molecule has 5 heteroatoms. The van der Waals surface area contributed by atoms with Crippen LogP contribution in [0.4, 0.5) is 0 Å². The Morgan fingerprint density at radius 2 is 2.11 bits per heavy atom. The van der Waals surface area contributed by atoms with Crippen molar-refractivity contribution in [1.82, 2.24) is 15.2 Å². The third-order valence-corrected chi connectivity index (χ3v) is 6.22. The van der Waals surface area contributed by atoms with Gasteiger partial charge in [-0.1, -0.05) is 5.92 Å². The summed E-state index contributed by atoms with van der Waals surface area (Å²) in [6.45, 7) is 1.43. The Bertz CT molecular complexity index is 765. The molecular formula is C22H27N3O2. The lowest BCUT2D eigenvalue weighted by Gasteiger charge is -2.36. The number of nitrogens with zero attached hydrogens (tertiary/aromatic N) is 2. The monoisotopic (exact) mass is 365 g/mol. The molecule has 0 aromatic carbocycles. The van der Waals surface area contributed by atoms with Crippen LogP contribution in [-0.2, 0) is 4.79 Å². The Morgan fingerprint density at radius 1 is 1.26 bits per heavy atom. The van der Waals surface area contributed by atoms with E-state index in [-0.39, 0.29) is 17.9 Å². The summed E-state index contributed by atoms with van der Waals surface area (Å²) in [6.07, 6.45) is 16.3. The third kappa shape index (κ3) is 4.16. The van der Waals surface area contributed by atoms with Crippen LogP contribution < -0.4 is 5.32 Å². The predicted molar refractivity (Wildman–Crippen MR) is 103 cm³/mol. The highest BCUT2D eigenvalue weighted by atomic mass is 16.2. The number of hydrogen-bond donors (Lipinski definition) is 1. The number of pyridine rings is 1. The molecule has 3 aliphatic rings. The Labute approximate surface area is 160 Å². The summed E-state index contributed by atoms with van der Waals surface area (Å²) in [6, 6.07) is 1.92. The van der Waals surface area contributed by atoms with Crippen LogP contribution in [-0.4, -0.2) is 40.8 Å². The average Bonchev–Trinajstić information content (AvgIpc) is 3.60. The van der Waals surface area contributed by atoms with E-state index < -0.39 is 0 Å². The van der Waals surface area contributed by atoms with Crippen LogP contribution >= 0.6 is 0 Å². The van der Waals surface area contributed by atoms with Gasteiger partial charge in [0.15, 0.2) is 0 Å². The van der Waals surface area contributed by atoms with Gasteiger partial charge in [-0.2, -0.15) is 0 Å². The molecule has 2 saturated carbocycles. The van der Waals surface area contributed by atoms with Gasteiger partial charge in [0, 0.05) is 43.0 Å². The summed E-state index contributed by atoms with van der Waals surface area (Å²) in [5, 5.41) is 2.95. The fourth-order valence-corrected chi connectivity index (χ4v) is 4.45. The minimum atomic E-state index is -0.163. The lowest BCUT2D eigenvalue weighted by Crippen LogP contribution is -2.46. The second kappa shape index (κ2) is 7.72. The summed E-state index contributed by atoms with van der Waals surface area (Å²) in [5.41, 5.74) is 1.08. The van der Waals surface area contributed by atoms with Crippen molar-refractivity contribution < 1.29 is 9.59 Å². The van der Waals surface area contributed by atoms with Gasteiger partial charge in [-0.3, -0.25) is 14.6 Å². The molecule has 5 nitrogen and oxygen atoms in total. The summed E-state index contributed by atoms with van der Waals surface area (Å²) >= 11 is 0. The van der Waals surface area contributed by atoms with E-state index >= 15 is 0 Å². The van der Waals surface area contributed by atoms with Crippen molar-refractivity contribution in [3.05, 3.63) is 29.6 Å². The third-order valence-electron chi connectivity index (χ3n) is 6.22. The summed E-state index contributed by atoms with van der Waals surface area (Å²) < 4.78 is 0. The van der Waals surface area contributed by atoms with Crippen LogP contribution in [0.1, 0.15) is 60.9 Å². The number of hydrogen-bond acceptors (Lipinski definition) is 3. The number of rotatable bonds is 6. The second-order valence-electron chi connectivity index (χ2n) is 8.18. The second-order valence-corrected chi connectivity index (χ2v) is 8.18. The summed E-state index contributed by atoms with van der Waals surface area (Å²) in [5.74, 6) is 4.47. The van der Waals surface area contributed by atoms with E-state index in [9.17, 15) is 9.59 Å². The molecule has 2 aliphatic carbocycles. The number of piperidine rings is 1. The topological polar surface area (TPSA) is 62.3 Å². The van der Waals surface area contributed by atoms with Crippen molar-refractivity contribution in [1.29, 1.82) is 0 Å². The maximum absolute atomic E-state index is 12.9. The zero-order valence-corrected chi connectivity index (χ0v) is 15.7. The molecule has 3 atom stereocenters. The van der Waals surface area contributed by atoms with Gasteiger partial charge in [0.05, 0.1) is 5.56 Å². The van der Waals surface area contributed by atoms with Gasteiger partial charge in [-0.15, -0.1) is 6.42 Å². The largest absolute Gasteiger partial charge is 0.352 e. The smallest absolute Gasteiger partial charge is 0.252 e. The molecule has 2 amide bonds. The van der Waals surface area contributed by atoms with Gasteiger partial charge in [0.2, 0.25) is 5.91 Å². The number of amides is 2. The molecule has 0 spiro atoms. The predicted octanol–water partition coefficient (Wildman–Crippen LogP) is 2.61. The Kier molecular flexibility index (Phi) is 5.15. The first-order valence-electron chi connectivity index (χ1n) is 10.2. The van der Waals surface area contributed by atoms with Crippen LogP contribution in [0.2, 0.25) is 0 Å².